The molecule has 0 saturated heterocycles. The largest absolute Gasteiger partial charge is 0.289 e. The van der Waals surface area contributed by atoms with Crippen LogP contribution in [0.3, 0.4) is 0 Å². The summed E-state index contributed by atoms with van der Waals surface area (Å²) in [6.45, 7) is -0.350. The Balaban J connectivity index is 1.53. The lowest BCUT2D eigenvalue weighted by Crippen LogP contribution is -2.35. The highest BCUT2D eigenvalue weighted by molar-refractivity contribution is 7.11. The van der Waals surface area contributed by atoms with E-state index in [1.807, 2.05) is 24.3 Å². The second kappa shape index (κ2) is 5.30. The molecule has 0 saturated carbocycles. The van der Waals surface area contributed by atoms with Crippen LogP contribution in [0.5, 0.6) is 0 Å². The Kier molecular flexibility index (Phi) is 3.04. The third kappa shape index (κ3) is 1.96. The number of para-hydroxylation sites is 2. The van der Waals surface area contributed by atoms with Gasteiger partial charge in [0, 0.05) is 11.5 Å². The number of benzene rings is 2. The second-order valence-electron chi connectivity index (χ2n) is 5.89. The maximum absolute atomic E-state index is 12.8. The first-order chi connectivity index (χ1) is 12.6. The van der Waals surface area contributed by atoms with Crippen molar-refractivity contribution in [3.05, 3.63) is 65.5 Å². The molecule has 7 nitrogen and oxygen atoms in total. The lowest BCUT2D eigenvalue weighted by molar-refractivity contribution is 0.0622. The van der Waals surface area contributed by atoms with E-state index in [1.54, 1.807) is 28.7 Å². The molecule has 0 fully saturated rings. The summed E-state index contributed by atoms with van der Waals surface area (Å²) in [5.41, 5.74) is 2.17. The van der Waals surface area contributed by atoms with E-state index in [2.05, 4.69) is 9.36 Å². The Morgan fingerprint density at radius 2 is 1.62 bits per heavy atom. The molecular weight excluding hydrogens is 352 g/mol. The fourth-order valence-electron chi connectivity index (χ4n) is 3.17. The zero-order valence-corrected chi connectivity index (χ0v) is 14.1. The van der Waals surface area contributed by atoms with E-state index in [4.69, 9.17) is 0 Å². The molecule has 0 spiro atoms. The normalized spacial score (nSPS) is 13.8. The lowest BCUT2D eigenvalue weighted by atomic mass is 10.1. The Bertz CT molecular complexity index is 1200. The van der Waals surface area contributed by atoms with E-state index < -0.39 is 17.6 Å². The first kappa shape index (κ1) is 14.9. The molecule has 0 atom stereocenters. The summed E-state index contributed by atoms with van der Waals surface area (Å²) < 4.78 is 5.86. The zero-order valence-electron chi connectivity index (χ0n) is 13.2. The third-order valence-electron chi connectivity index (χ3n) is 4.38. The van der Waals surface area contributed by atoms with Gasteiger partial charge in [-0.25, -0.2) is 4.98 Å². The van der Waals surface area contributed by atoms with Crippen LogP contribution in [-0.2, 0) is 0 Å². The van der Waals surface area contributed by atoms with Gasteiger partial charge in [0.05, 0.1) is 28.7 Å². The highest BCUT2D eigenvalue weighted by atomic mass is 32.1. The monoisotopic (exact) mass is 362 g/mol. The SMILES string of the molecule is O=C(CN1C(=O)c2ccccc2C1=O)c1nsc2nc3ccccc3n12. The number of fused-ring (bicyclic) bond motifs is 4. The number of hydrogen-bond acceptors (Lipinski definition) is 6. The Labute approximate surface area is 150 Å². The van der Waals surface area contributed by atoms with E-state index in [0.29, 0.717) is 16.1 Å². The Hall–Kier alpha value is -3.39. The number of rotatable bonds is 3. The predicted octanol–water partition coefficient (Wildman–Crippen LogP) is 2.42. The minimum Gasteiger partial charge on any atom is -0.289 e. The topological polar surface area (TPSA) is 84.6 Å². The van der Waals surface area contributed by atoms with Gasteiger partial charge in [-0.2, -0.15) is 4.37 Å². The van der Waals surface area contributed by atoms with E-state index in [1.165, 1.54) is 0 Å². The standard InChI is InChI=1S/C18H10N4O3S/c23-14(9-21-16(24)10-5-1-2-6-11(10)17(21)25)15-20-26-18-19-12-7-3-4-8-13(12)22(15)18/h1-8H,9H2. The number of carbonyl (C=O) groups is 3. The molecule has 2 aromatic heterocycles. The summed E-state index contributed by atoms with van der Waals surface area (Å²) in [5.74, 6) is -1.15. The number of Topliss-reactive ketones (excluding diaryl/α,β-unsaturated/α-hetero) is 1. The molecule has 1 aliphatic rings. The molecule has 0 bridgehead atoms. The first-order valence-electron chi connectivity index (χ1n) is 7.86. The van der Waals surface area contributed by atoms with Gasteiger partial charge in [0.25, 0.3) is 11.8 Å². The molecule has 2 aromatic carbocycles. The van der Waals surface area contributed by atoms with Crippen molar-refractivity contribution in [3.8, 4) is 0 Å². The van der Waals surface area contributed by atoms with Crippen LogP contribution in [0.2, 0.25) is 0 Å². The fourth-order valence-corrected chi connectivity index (χ4v) is 3.92. The van der Waals surface area contributed by atoms with Crippen LogP contribution in [0.15, 0.2) is 48.5 Å². The zero-order chi connectivity index (χ0) is 17.8. The number of carbonyl (C=O) groups excluding carboxylic acids is 3. The van der Waals surface area contributed by atoms with Crippen LogP contribution >= 0.6 is 11.5 Å². The predicted molar refractivity (Wildman–Crippen MR) is 94.5 cm³/mol. The van der Waals surface area contributed by atoms with Crippen LogP contribution in [0.25, 0.3) is 16.0 Å². The van der Waals surface area contributed by atoms with E-state index in [-0.39, 0.29) is 12.4 Å². The van der Waals surface area contributed by atoms with Gasteiger partial charge in [-0.3, -0.25) is 23.7 Å². The number of imide groups is 1. The summed E-state index contributed by atoms with van der Waals surface area (Å²) in [7, 11) is 0. The summed E-state index contributed by atoms with van der Waals surface area (Å²) in [6, 6.07) is 14.0. The second-order valence-corrected chi connectivity index (χ2v) is 6.62. The van der Waals surface area contributed by atoms with Crippen molar-refractivity contribution >= 4 is 45.1 Å². The first-order valence-corrected chi connectivity index (χ1v) is 8.64. The lowest BCUT2D eigenvalue weighted by Gasteiger charge is -2.11. The minimum absolute atomic E-state index is 0.176. The Morgan fingerprint density at radius 1 is 0.962 bits per heavy atom. The maximum Gasteiger partial charge on any atom is 0.261 e. The molecule has 0 aliphatic carbocycles. The quantitative estimate of drug-likeness (QED) is 0.413. The van der Waals surface area contributed by atoms with E-state index in [9.17, 15) is 14.4 Å². The van der Waals surface area contributed by atoms with Gasteiger partial charge in [-0.05, 0) is 24.3 Å². The fraction of sp³-hybridized carbons (Fsp3) is 0.0556. The number of hydrogen-bond donors (Lipinski definition) is 0. The van der Waals surface area contributed by atoms with Crippen molar-refractivity contribution in [2.75, 3.05) is 6.54 Å². The van der Waals surface area contributed by atoms with Crippen LogP contribution < -0.4 is 0 Å². The van der Waals surface area contributed by atoms with Gasteiger partial charge in [0.15, 0.2) is 5.82 Å². The van der Waals surface area contributed by atoms with Gasteiger partial charge in [-0.15, -0.1) is 0 Å². The molecule has 4 aromatic rings. The smallest absolute Gasteiger partial charge is 0.261 e. The number of imidazole rings is 1. The molecule has 0 unspecified atom stereocenters. The van der Waals surface area contributed by atoms with Gasteiger partial charge in [-0.1, -0.05) is 24.3 Å². The van der Waals surface area contributed by atoms with Crippen LogP contribution in [0.4, 0.5) is 0 Å². The van der Waals surface area contributed by atoms with Crippen molar-refractivity contribution in [3.63, 3.8) is 0 Å². The van der Waals surface area contributed by atoms with Crippen molar-refractivity contribution in [2.24, 2.45) is 0 Å². The molecular formula is C18H10N4O3S. The van der Waals surface area contributed by atoms with Gasteiger partial charge in [0.2, 0.25) is 10.7 Å². The summed E-state index contributed by atoms with van der Waals surface area (Å²) in [4.78, 5) is 43.7. The molecule has 26 heavy (non-hydrogen) atoms. The highest BCUT2D eigenvalue weighted by Crippen LogP contribution is 2.24. The average molecular weight is 362 g/mol. The molecule has 0 N–H and O–H groups in total. The van der Waals surface area contributed by atoms with Crippen LogP contribution in [0, 0.1) is 0 Å². The molecule has 3 heterocycles. The molecule has 1 aliphatic heterocycles. The van der Waals surface area contributed by atoms with Crippen molar-refractivity contribution in [1.29, 1.82) is 0 Å². The molecule has 0 radical (unpaired) electrons. The minimum atomic E-state index is -0.457. The number of aromatic nitrogens is 3. The van der Waals surface area contributed by atoms with Crippen molar-refractivity contribution in [1.82, 2.24) is 18.7 Å². The molecule has 5 rings (SSSR count). The average Bonchev–Trinajstić information content (AvgIpc) is 3.29. The number of ketones is 1. The third-order valence-corrected chi connectivity index (χ3v) is 5.09. The van der Waals surface area contributed by atoms with Gasteiger partial charge in [0.1, 0.15) is 0 Å². The highest BCUT2D eigenvalue weighted by Gasteiger charge is 2.37. The summed E-state index contributed by atoms with van der Waals surface area (Å²) >= 11 is 1.11. The van der Waals surface area contributed by atoms with Crippen molar-refractivity contribution < 1.29 is 14.4 Å². The maximum atomic E-state index is 12.8. The van der Waals surface area contributed by atoms with Crippen LogP contribution in [0.1, 0.15) is 31.3 Å². The van der Waals surface area contributed by atoms with Crippen LogP contribution in [-0.4, -0.2) is 42.8 Å². The number of amides is 2. The molecule has 8 heteroatoms. The Morgan fingerprint density at radius 3 is 2.35 bits per heavy atom. The van der Waals surface area contributed by atoms with E-state index in [0.717, 1.165) is 27.5 Å². The molecule has 2 amide bonds. The van der Waals surface area contributed by atoms with Crippen molar-refractivity contribution in [2.45, 2.75) is 0 Å². The molecule has 126 valence electrons. The summed E-state index contributed by atoms with van der Waals surface area (Å²) in [6.07, 6.45) is 0. The van der Waals surface area contributed by atoms with Gasteiger partial charge >= 0.3 is 0 Å². The number of nitrogens with zero attached hydrogens (tertiary/aromatic N) is 4. The summed E-state index contributed by atoms with van der Waals surface area (Å²) in [5, 5.41) is 0. The van der Waals surface area contributed by atoms with E-state index >= 15 is 0 Å². The van der Waals surface area contributed by atoms with Gasteiger partial charge < -0.3 is 0 Å².